The Hall–Kier alpha value is -5.02. The normalized spacial score (nSPS) is 25.2. The van der Waals surface area contributed by atoms with Crippen LogP contribution in [0.3, 0.4) is 0 Å². The summed E-state index contributed by atoms with van der Waals surface area (Å²) in [7, 11) is -1.59. The van der Waals surface area contributed by atoms with Gasteiger partial charge in [-0.1, -0.05) is 238 Å². The molecule has 0 radical (unpaired) electrons. The minimum Gasteiger partial charge on any atom is -0.370 e. The van der Waals surface area contributed by atoms with Gasteiger partial charge in [-0.05, 0) is 65.5 Å². The lowest BCUT2D eigenvalue weighted by molar-refractivity contribution is -0.0758. The Kier molecular flexibility index (Phi) is 13.9. The van der Waals surface area contributed by atoms with Gasteiger partial charge < -0.3 is 18.9 Å². The summed E-state index contributed by atoms with van der Waals surface area (Å²) < 4.78 is 28.2. The van der Waals surface area contributed by atoms with Crippen molar-refractivity contribution in [3.63, 3.8) is 0 Å². The lowest BCUT2D eigenvalue weighted by atomic mass is 9.93. The Morgan fingerprint density at radius 2 is 0.561 bits per heavy atom. The van der Waals surface area contributed by atoms with Crippen LogP contribution in [0.15, 0.2) is 194 Å². The van der Waals surface area contributed by atoms with E-state index in [-0.39, 0.29) is 47.1 Å². The van der Waals surface area contributed by atoms with Crippen LogP contribution in [-0.2, 0) is 45.4 Å². The van der Waals surface area contributed by atoms with E-state index in [2.05, 4.69) is 222 Å². The molecule has 0 bridgehead atoms. The van der Waals surface area contributed by atoms with Crippen molar-refractivity contribution in [3.05, 3.63) is 216 Å². The highest BCUT2D eigenvalue weighted by Crippen LogP contribution is 2.61. The molecular weight excluding hydrogens is 847 g/mol. The van der Waals surface area contributed by atoms with E-state index in [9.17, 15) is 0 Å². The summed E-state index contributed by atoms with van der Waals surface area (Å²) in [6.45, 7) is 11.9. The smallest absolute Gasteiger partial charge is 0.0915 e. The van der Waals surface area contributed by atoms with Gasteiger partial charge in [0.25, 0.3) is 0 Å². The van der Waals surface area contributed by atoms with E-state index in [1.165, 1.54) is 65.5 Å². The quantitative estimate of drug-likeness (QED) is 0.0961. The molecule has 334 valence electrons. The molecule has 2 aliphatic rings. The second-order valence-corrected chi connectivity index (χ2v) is 24.0. The lowest BCUT2D eigenvalue weighted by Gasteiger charge is -2.31. The molecule has 4 nitrogen and oxygen atoms in total. The van der Waals surface area contributed by atoms with E-state index in [4.69, 9.17) is 18.9 Å². The molecular formula is C60H60O4P2. The maximum absolute atomic E-state index is 7.06. The summed E-state index contributed by atoms with van der Waals surface area (Å²) in [5.74, 6) is 0. The highest BCUT2D eigenvalue weighted by molar-refractivity contribution is 7.68. The van der Waals surface area contributed by atoms with Gasteiger partial charge in [-0.25, -0.2) is 0 Å². The van der Waals surface area contributed by atoms with Crippen LogP contribution in [0.5, 0.6) is 0 Å². The second kappa shape index (κ2) is 20.5. The number of fused-ring (bicyclic) bond motifs is 2. The van der Waals surface area contributed by atoms with Crippen LogP contribution in [0, 0.1) is 0 Å². The standard InChI is InChI=1S/C60H60O4P2/c1-41-57(61-37-45-21-9-5-10-22-45)58(62-38-46-23-11-6-12-24-46)42(2)65(41)53-35-33-49-29-17-19-31-51(49)55(53)56-52-32-20-18-30-50(52)34-36-54(56)66-43(3)59(63-39-47-25-13-7-14-26-47)60(44(66)4)64-40-48-27-15-8-16-28-48/h5-36,41-44,57-60H,37-40H2,1-4H3/t41-,42-,43-,44-,57+,58+,59+,60+/m1/s1. The first-order chi connectivity index (χ1) is 32.4. The van der Waals surface area contributed by atoms with E-state index in [1.54, 1.807) is 0 Å². The minimum atomic E-state index is -0.795. The lowest BCUT2D eigenvalue weighted by Crippen LogP contribution is -2.36. The third kappa shape index (κ3) is 9.18. The molecule has 0 spiro atoms. The zero-order chi connectivity index (χ0) is 45.0. The molecule has 2 fully saturated rings. The fourth-order valence-electron chi connectivity index (χ4n) is 10.8. The van der Waals surface area contributed by atoms with E-state index >= 15 is 0 Å². The molecule has 8 aromatic rings. The Labute approximate surface area is 393 Å². The first-order valence-electron chi connectivity index (χ1n) is 23.7. The van der Waals surface area contributed by atoms with Crippen molar-refractivity contribution in [3.8, 4) is 11.1 Å². The van der Waals surface area contributed by atoms with Gasteiger partial charge in [0.1, 0.15) is 0 Å². The summed E-state index contributed by atoms with van der Waals surface area (Å²) >= 11 is 0. The second-order valence-electron chi connectivity index (χ2n) is 18.2. The average Bonchev–Trinajstić information content (AvgIpc) is 3.75. The van der Waals surface area contributed by atoms with E-state index in [1.807, 2.05) is 0 Å². The van der Waals surface area contributed by atoms with Crippen LogP contribution >= 0.6 is 15.8 Å². The van der Waals surface area contributed by atoms with Crippen LogP contribution in [-0.4, -0.2) is 47.1 Å². The van der Waals surface area contributed by atoms with Gasteiger partial charge in [0.2, 0.25) is 0 Å². The Bertz CT molecular complexity index is 2530. The molecule has 10 rings (SSSR count). The Balaban J connectivity index is 1.10. The maximum Gasteiger partial charge on any atom is 0.0915 e. The van der Waals surface area contributed by atoms with E-state index in [0.29, 0.717) is 26.4 Å². The summed E-state index contributed by atoms with van der Waals surface area (Å²) in [6, 6.07) is 70.2. The molecule has 2 aliphatic heterocycles. The SMILES string of the molecule is C[C@@H]1[C@H](OCc2ccccc2)[C@@H](OCc2ccccc2)[C@@H](C)P1c1ccc2ccccc2c1-c1c(P2[C@H](C)[C@H](OCc3ccccc3)[C@@H](OCc3ccccc3)[C@H]2C)ccc2ccccc12. The van der Waals surface area contributed by atoms with Crippen LogP contribution < -0.4 is 10.6 Å². The topological polar surface area (TPSA) is 36.9 Å². The van der Waals surface area contributed by atoms with Crippen LogP contribution in [0.1, 0.15) is 49.9 Å². The van der Waals surface area contributed by atoms with Crippen LogP contribution in [0.4, 0.5) is 0 Å². The molecule has 0 N–H and O–H groups in total. The average molecular weight is 907 g/mol. The highest BCUT2D eigenvalue weighted by atomic mass is 31.1. The predicted molar refractivity (Wildman–Crippen MR) is 278 cm³/mol. The molecule has 0 unspecified atom stereocenters. The molecule has 0 amide bonds. The van der Waals surface area contributed by atoms with Crippen molar-refractivity contribution < 1.29 is 18.9 Å². The zero-order valence-electron chi connectivity index (χ0n) is 38.4. The van der Waals surface area contributed by atoms with Crippen LogP contribution in [0.25, 0.3) is 32.7 Å². The first-order valence-corrected chi connectivity index (χ1v) is 26.6. The van der Waals surface area contributed by atoms with Gasteiger partial charge >= 0.3 is 0 Å². The summed E-state index contributed by atoms with van der Waals surface area (Å²) in [6.07, 6.45) is -0.312. The van der Waals surface area contributed by atoms with Crippen molar-refractivity contribution in [1.82, 2.24) is 0 Å². The van der Waals surface area contributed by atoms with Crippen molar-refractivity contribution in [2.75, 3.05) is 0 Å². The van der Waals surface area contributed by atoms with Gasteiger partial charge in [0.05, 0.1) is 50.8 Å². The van der Waals surface area contributed by atoms with E-state index < -0.39 is 15.8 Å². The largest absolute Gasteiger partial charge is 0.370 e. The van der Waals surface area contributed by atoms with Crippen molar-refractivity contribution in [2.45, 2.75) is 101 Å². The fourth-order valence-corrected chi connectivity index (χ4v) is 17.8. The van der Waals surface area contributed by atoms with Gasteiger partial charge in [-0.3, -0.25) is 0 Å². The fraction of sp³-hybridized carbons (Fsp3) is 0.267. The molecule has 2 heterocycles. The monoisotopic (exact) mass is 906 g/mol. The molecule has 2 saturated heterocycles. The zero-order valence-corrected chi connectivity index (χ0v) is 40.2. The van der Waals surface area contributed by atoms with Gasteiger partial charge in [0, 0.05) is 22.6 Å². The van der Waals surface area contributed by atoms with Crippen molar-refractivity contribution in [1.29, 1.82) is 0 Å². The molecule has 66 heavy (non-hydrogen) atoms. The molecule has 8 atom stereocenters. The van der Waals surface area contributed by atoms with Gasteiger partial charge in [0.15, 0.2) is 0 Å². The maximum atomic E-state index is 7.06. The number of benzene rings is 8. The van der Waals surface area contributed by atoms with Gasteiger partial charge in [-0.2, -0.15) is 0 Å². The molecule has 0 saturated carbocycles. The van der Waals surface area contributed by atoms with Gasteiger partial charge in [-0.15, -0.1) is 0 Å². The Morgan fingerprint density at radius 3 is 0.848 bits per heavy atom. The molecule has 8 aromatic carbocycles. The molecule has 0 aliphatic carbocycles. The summed E-state index contributed by atoms with van der Waals surface area (Å²) in [5.41, 5.74) is 8.41. The highest BCUT2D eigenvalue weighted by Gasteiger charge is 2.51. The number of rotatable bonds is 15. The first kappa shape index (κ1) is 44.8. The third-order valence-electron chi connectivity index (χ3n) is 14.1. The van der Waals surface area contributed by atoms with Crippen LogP contribution in [0.2, 0.25) is 0 Å². The van der Waals surface area contributed by atoms with Crippen molar-refractivity contribution in [2.24, 2.45) is 0 Å². The van der Waals surface area contributed by atoms with Crippen molar-refractivity contribution >= 4 is 48.0 Å². The third-order valence-corrected chi connectivity index (χ3v) is 20.6. The number of hydrogen-bond acceptors (Lipinski definition) is 4. The Morgan fingerprint density at radius 1 is 0.303 bits per heavy atom. The number of ether oxygens (including phenoxy) is 4. The molecule has 6 heteroatoms. The minimum absolute atomic E-state index is 0.0781. The summed E-state index contributed by atoms with van der Waals surface area (Å²) in [4.78, 5) is 0. The summed E-state index contributed by atoms with van der Waals surface area (Å²) in [5, 5.41) is 7.98. The number of hydrogen-bond donors (Lipinski definition) is 0. The molecule has 0 aromatic heterocycles. The predicted octanol–water partition coefficient (Wildman–Crippen LogP) is 13.8. The van der Waals surface area contributed by atoms with E-state index in [0.717, 1.165) is 0 Å².